The summed E-state index contributed by atoms with van der Waals surface area (Å²) in [4.78, 5) is 23.2. The van der Waals surface area contributed by atoms with Gasteiger partial charge in [-0.05, 0) is 19.8 Å². The van der Waals surface area contributed by atoms with Gasteiger partial charge in [0, 0.05) is 26.0 Å². The van der Waals surface area contributed by atoms with Gasteiger partial charge in [-0.3, -0.25) is 9.59 Å². The number of nitrogens with zero attached hydrogens (tertiary/aromatic N) is 2. The molecule has 0 radical (unpaired) electrons. The van der Waals surface area contributed by atoms with Crippen molar-refractivity contribution in [1.82, 2.24) is 15.5 Å². The van der Waals surface area contributed by atoms with E-state index in [0.29, 0.717) is 11.7 Å². The SMILES string of the molecule is CC1(CNC(=O)CCC(=O)Nc2nncs2)CCCO1. The number of rotatable bonds is 6. The van der Waals surface area contributed by atoms with Crippen LogP contribution in [-0.4, -0.2) is 40.8 Å². The average Bonchev–Trinajstić information content (AvgIpc) is 3.06. The van der Waals surface area contributed by atoms with Crippen molar-refractivity contribution in [3.63, 3.8) is 0 Å². The minimum atomic E-state index is -0.259. The lowest BCUT2D eigenvalue weighted by atomic mass is 10.0. The molecule has 20 heavy (non-hydrogen) atoms. The Balaban J connectivity index is 1.63. The Morgan fingerprint density at radius 2 is 2.25 bits per heavy atom. The maximum Gasteiger partial charge on any atom is 0.226 e. The van der Waals surface area contributed by atoms with Gasteiger partial charge < -0.3 is 15.4 Å². The summed E-state index contributed by atoms with van der Waals surface area (Å²) < 4.78 is 5.58. The third-order valence-corrected chi connectivity index (χ3v) is 3.75. The molecule has 110 valence electrons. The molecule has 0 aromatic carbocycles. The number of hydrogen-bond acceptors (Lipinski definition) is 6. The van der Waals surface area contributed by atoms with E-state index >= 15 is 0 Å². The van der Waals surface area contributed by atoms with Crippen molar-refractivity contribution in [2.24, 2.45) is 0 Å². The molecule has 2 N–H and O–H groups in total. The lowest BCUT2D eigenvalue weighted by Gasteiger charge is -2.23. The quantitative estimate of drug-likeness (QED) is 0.815. The van der Waals surface area contributed by atoms with Gasteiger partial charge in [0.1, 0.15) is 5.51 Å². The number of ether oxygens (including phenoxy) is 1. The van der Waals surface area contributed by atoms with Gasteiger partial charge in [-0.2, -0.15) is 0 Å². The second-order valence-corrected chi connectivity index (χ2v) is 5.80. The standard InChI is InChI=1S/C12H18N4O3S/c1-12(5-2-6-19-12)7-13-9(17)3-4-10(18)15-11-16-14-8-20-11/h8H,2-7H2,1H3,(H,13,17)(H,15,16,18). The Kier molecular flexibility index (Phi) is 5.02. The first-order valence-electron chi connectivity index (χ1n) is 6.54. The monoisotopic (exact) mass is 298 g/mol. The van der Waals surface area contributed by atoms with Gasteiger partial charge in [0.2, 0.25) is 16.9 Å². The van der Waals surface area contributed by atoms with Crippen LogP contribution in [0.2, 0.25) is 0 Å². The van der Waals surface area contributed by atoms with Crippen LogP contribution in [0.3, 0.4) is 0 Å². The van der Waals surface area contributed by atoms with Crippen molar-refractivity contribution >= 4 is 28.3 Å². The molecule has 8 heteroatoms. The van der Waals surface area contributed by atoms with E-state index in [1.807, 2.05) is 6.92 Å². The highest BCUT2D eigenvalue weighted by Gasteiger charge is 2.29. The smallest absolute Gasteiger partial charge is 0.226 e. The summed E-state index contributed by atoms with van der Waals surface area (Å²) in [5, 5.41) is 13.2. The maximum absolute atomic E-state index is 11.7. The number of carbonyl (C=O) groups excluding carboxylic acids is 2. The number of hydrogen-bond donors (Lipinski definition) is 2. The molecule has 2 rings (SSSR count). The molecule has 1 aliphatic rings. The van der Waals surface area contributed by atoms with Crippen molar-refractivity contribution in [3.8, 4) is 0 Å². The van der Waals surface area contributed by atoms with E-state index in [0.717, 1.165) is 19.4 Å². The molecule has 1 fully saturated rings. The third-order valence-electron chi connectivity index (χ3n) is 3.15. The van der Waals surface area contributed by atoms with Crippen molar-refractivity contribution in [3.05, 3.63) is 5.51 Å². The molecule has 0 spiro atoms. The molecule has 1 aliphatic heterocycles. The fraction of sp³-hybridized carbons (Fsp3) is 0.667. The lowest BCUT2D eigenvalue weighted by Crippen LogP contribution is -2.40. The third kappa shape index (κ3) is 4.53. The topological polar surface area (TPSA) is 93.2 Å². The normalized spacial score (nSPS) is 21.6. The number of aromatic nitrogens is 2. The number of amides is 2. The van der Waals surface area contributed by atoms with E-state index in [2.05, 4.69) is 20.8 Å². The van der Waals surface area contributed by atoms with E-state index in [9.17, 15) is 9.59 Å². The van der Waals surface area contributed by atoms with Crippen LogP contribution in [0.5, 0.6) is 0 Å². The Morgan fingerprint density at radius 3 is 2.90 bits per heavy atom. The van der Waals surface area contributed by atoms with Gasteiger partial charge in [0.25, 0.3) is 0 Å². The van der Waals surface area contributed by atoms with Gasteiger partial charge in [-0.25, -0.2) is 0 Å². The highest BCUT2D eigenvalue weighted by atomic mass is 32.1. The van der Waals surface area contributed by atoms with Crippen LogP contribution < -0.4 is 10.6 Å². The fourth-order valence-electron chi connectivity index (χ4n) is 1.99. The minimum absolute atomic E-state index is 0.128. The zero-order valence-electron chi connectivity index (χ0n) is 11.3. The number of nitrogens with one attached hydrogen (secondary N) is 2. The lowest BCUT2D eigenvalue weighted by molar-refractivity contribution is -0.125. The summed E-state index contributed by atoms with van der Waals surface area (Å²) in [6.45, 7) is 3.23. The Morgan fingerprint density at radius 1 is 1.45 bits per heavy atom. The molecule has 1 aromatic heterocycles. The first-order chi connectivity index (χ1) is 9.57. The Labute approximate surface area is 121 Å². The highest BCUT2D eigenvalue weighted by molar-refractivity contribution is 7.13. The second-order valence-electron chi connectivity index (χ2n) is 4.97. The predicted octanol–water partition coefficient (Wildman–Crippen LogP) is 0.942. The summed E-state index contributed by atoms with van der Waals surface area (Å²) in [6, 6.07) is 0. The van der Waals surface area contributed by atoms with E-state index in [-0.39, 0.29) is 30.3 Å². The molecular weight excluding hydrogens is 280 g/mol. The molecule has 1 unspecified atom stereocenters. The molecule has 2 heterocycles. The molecule has 2 amide bonds. The summed E-state index contributed by atoms with van der Waals surface area (Å²) in [6.07, 6.45) is 2.26. The highest BCUT2D eigenvalue weighted by Crippen LogP contribution is 2.23. The van der Waals surface area contributed by atoms with E-state index < -0.39 is 0 Å². The molecule has 0 bridgehead atoms. The molecule has 1 atom stereocenters. The zero-order valence-corrected chi connectivity index (χ0v) is 12.2. The number of carbonyl (C=O) groups is 2. The molecule has 1 saturated heterocycles. The van der Waals surface area contributed by atoms with Crippen molar-refractivity contribution in [1.29, 1.82) is 0 Å². The first kappa shape index (κ1) is 14.9. The molecule has 0 saturated carbocycles. The maximum atomic E-state index is 11.7. The predicted molar refractivity (Wildman–Crippen MR) is 74.4 cm³/mol. The van der Waals surface area contributed by atoms with Crippen LogP contribution >= 0.6 is 11.3 Å². The van der Waals surface area contributed by atoms with Crippen LogP contribution in [0.4, 0.5) is 5.13 Å². The molecule has 7 nitrogen and oxygen atoms in total. The molecular formula is C12H18N4O3S. The van der Waals surface area contributed by atoms with Gasteiger partial charge in [-0.15, -0.1) is 10.2 Å². The fourth-order valence-corrected chi connectivity index (χ4v) is 2.45. The summed E-state index contributed by atoms with van der Waals surface area (Å²) in [5.41, 5.74) is 1.27. The molecule has 1 aromatic rings. The van der Waals surface area contributed by atoms with E-state index in [4.69, 9.17) is 4.74 Å². The summed E-state index contributed by atoms with van der Waals surface area (Å²) in [5.74, 6) is -0.380. The van der Waals surface area contributed by atoms with Crippen LogP contribution in [0.1, 0.15) is 32.6 Å². The summed E-state index contributed by atoms with van der Waals surface area (Å²) >= 11 is 1.24. The van der Waals surface area contributed by atoms with Crippen molar-refractivity contribution in [2.45, 2.75) is 38.2 Å². The van der Waals surface area contributed by atoms with Gasteiger partial charge >= 0.3 is 0 Å². The van der Waals surface area contributed by atoms with E-state index in [1.54, 1.807) is 0 Å². The van der Waals surface area contributed by atoms with Crippen LogP contribution in [0.15, 0.2) is 5.51 Å². The first-order valence-corrected chi connectivity index (χ1v) is 7.42. The number of anilines is 1. The van der Waals surface area contributed by atoms with Gasteiger partial charge in [0.15, 0.2) is 0 Å². The average molecular weight is 298 g/mol. The van der Waals surface area contributed by atoms with Crippen LogP contribution in [0, 0.1) is 0 Å². The second kappa shape index (κ2) is 6.76. The minimum Gasteiger partial charge on any atom is -0.373 e. The van der Waals surface area contributed by atoms with Gasteiger partial charge in [0.05, 0.1) is 5.60 Å². The Hall–Kier alpha value is -1.54. The largest absolute Gasteiger partial charge is 0.373 e. The van der Waals surface area contributed by atoms with Crippen LogP contribution in [0.25, 0.3) is 0 Å². The van der Waals surface area contributed by atoms with Gasteiger partial charge in [-0.1, -0.05) is 11.3 Å². The molecule has 0 aliphatic carbocycles. The van der Waals surface area contributed by atoms with Crippen molar-refractivity contribution < 1.29 is 14.3 Å². The van der Waals surface area contributed by atoms with E-state index in [1.165, 1.54) is 16.8 Å². The zero-order chi connectivity index (χ0) is 14.4. The Bertz CT molecular complexity index is 457. The van der Waals surface area contributed by atoms with Crippen LogP contribution in [-0.2, 0) is 14.3 Å². The van der Waals surface area contributed by atoms with Crippen molar-refractivity contribution in [2.75, 3.05) is 18.5 Å². The summed E-state index contributed by atoms with van der Waals surface area (Å²) in [7, 11) is 0.